The molecule has 0 unspecified atom stereocenters. The van der Waals surface area contributed by atoms with Crippen LogP contribution >= 0.6 is 0 Å². The highest BCUT2D eigenvalue weighted by Gasteiger charge is 2.19. The van der Waals surface area contributed by atoms with E-state index in [-0.39, 0.29) is 24.6 Å². The molecule has 0 saturated carbocycles. The van der Waals surface area contributed by atoms with E-state index in [1.165, 1.54) is 0 Å². The molecule has 12 heteroatoms. The maximum absolute atomic E-state index is 12.2. The van der Waals surface area contributed by atoms with E-state index in [2.05, 4.69) is 15.5 Å². The summed E-state index contributed by atoms with van der Waals surface area (Å²) < 4.78 is 10.5. The molecule has 32 heavy (non-hydrogen) atoms. The zero-order chi connectivity index (χ0) is 23.1. The van der Waals surface area contributed by atoms with E-state index in [1.54, 1.807) is 31.4 Å². The van der Waals surface area contributed by atoms with E-state index in [4.69, 9.17) is 9.47 Å². The highest BCUT2D eigenvalue weighted by atomic mass is 16.6. The predicted molar refractivity (Wildman–Crippen MR) is 112 cm³/mol. The normalized spacial score (nSPS) is 10.3. The van der Waals surface area contributed by atoms with Gasteiger partial charge in [0, 0.05) is 23.8 Å². The molecule has 3 rings (SSSR count). The minimum absolute atomic E-state index is 0.0389. The van der Waals surface area contributed by atoms with Gasteiger partial charge in [0.15, 0.2) is 0 Å². The van der Waals surface area contributed by atoms with Crippen LogP contribution in [0.5, 0.6) is 11.6 Å². The van der Waals surface area contributed by atoms with Crippen molar-refractivity contribution in [3.8, 4) is 22.9 Å². The Bertz CT molecular complexity index is 1100. The lowest BCUT2D eigenvalue weighted by molar-refractivity contribution is -0.394. The fourth-order valence-corrected chi connectivity index (χ4v) is 2.67. The third kappa shape index (κ3) is 5.50. The number of carbonyl (C=O) groups excluding carboxylic acids is 1. The van der Waals surface area contributed by atoms with Crippen molar-refractivity contribution in [3.63, 3.8) is 0 Å². The number of amides is 1. The zero-order valence-corrected chi connectivity index (χ0v) is 16.8. The standard InChI is InChI=1S/C20H17N5O7/c1-31-17-4-2-13(3-5-17)18-6-7-19(23-22-18)32-9-8-21-20(26)14-10-15(24(27)28)12-16(11-14)25(29)30/h2-7,10-12H,8-9H2,1H3,(H,21,26). The molecule has 1 aromatic heterocycles. The van der Waals surface area contributed by atoms with E-state index in [1.807, 2.05) is 12.1 Å². The van der Waals surface area contributed by atoms with Crippen LogP contribution in [-0.4, -0.2) is 46.2 Å². The SMILES string of the molecule is COc1ccc(-c2ccc(OCCNC(=O)c3cc([N+](=O)[O-])cc([N+](=O)[O-])c3)nn2)cc1. The molecule has 12 nitrogen and oxygen atoms in total. The summed E-state index contributed by atoms with van der Waals surface area (Å²) in [6, 6.07) is 13.4. The van der Waals surface area contributed by atoms with Crippen LogP contribution in [0.15, 0.2) is 54.6 Å². The molecular formula is C20H17N5O7. The first kappa shape index (κ1) is 22.1. The topological polar surface area (TPSA) is 160 Å². The second kappa shape index (κ2) is 9.93. The Morgan fingerprint density at radius 3 is 2.16 bits per heavy atom. The van der Waals surface area contributed by atoms with Crippen LogP contribution in [0, 0.1) is 20.2 Å². The van der Waals surface area contributed by atoms with Crippen LogP contribution < -0.4 is 14.8 Å². The second-order valence-corrected chi connectivity index (χ2v) is 6.34. The van der Waals surface area contributed by atoms with Gasteiger partial charge in [-0.1, -0.05) is 0 Å². The molecule has 0 aliphatic carbocycles. The van der Waals surface area contributed by atoms with Crippen molar-refractivity contribution in [2.75, 3.05) is 20.3 Å². The lowest BCUT2D eigenvalue weighted by Crippen LogP contribution is -2.28. The zero-order valence-electron chi connectivity index (χ0n) is 16.8. The number of methoxy groups -OCH3 is 1. The Morgan fingerprint density at radius 2 is 1.62 bits per heavy atom. The Hall–Kier alpha value is -4.61. The number of non-ortho nitro benzene ring substituents is 2. The molecule has 0 saturated heterocycles. The van der Waals surface area contributed by atoms with Gasteiger partial charge in [-0.25, -0.2) is 0 Å². The first-order valence-corrected chi connectivity index (χ1v) is 9.20. The molecule has 1 heterocycles. The smallest absolute Gasteiger partial charge is 0.277 e. The minimum atomic E-state index is -0.804. The van der Waals surface area contributed by atoms with Gasteiger partial charge in [0.1, 0.15) is 12.4 Å². The molecule has 0 aliphatic rings. The lowest BCUT2D eigenvalue weighted by atomic mass is 10.1. The molecular weight excluding hydrogens is 422 g/mol. The molecule has 0 radical (unpaired) electrons. The van der Waals surface area contributed by atoms with Crippen molar-refractivity contribution in [1.82, 2.24) is 15.5 Å². The summed E-state index contributed by atoms with van der Waals surface area (Å²) in [5, 5.41) is 32.4. The number of ether oxygens (including phenoxy) is 2. The summed E-state index contributed by atoms with van der Waals surface area (Å²) in [5.74, 6) is 0.257. The summed E-state index contributed by atoms with van der Waals surface area (Å²) >= 11 is 0. The van der Waals surface area contributed by atoms with Crippen molar-refractivity contribution in [2.45, 2.75) is 0 Å². The van der Waals surface area contributed by atoms with Crippen LogP contribution in [0.2, 0.25) is 0 Å². The van der Waals surface area contributed by atoms with E-state index in [9.17, 15) is 25.0 Å². The highest BCUT2D eigenvalue weighted by molar-refractivity contribution is 5.95. The Balaban J connectivity index is 1.54. The molecule has 3 aromatic rings. The van der Waals surface area contributed by atoms with E-state index in [0.717, 1.165) is 29.5 Å². The monoisotopic (exact) mass is 439 g/mol. The number of aromatic nitrogens is 2. The van der Waals surface area contributed by atoms with Crippen molar-refractivity contribution in [1.29, 1.82) is 0 Å². The highest BCUT2D eigenvalue weighted by Crippen LogP contribution is 2.23. The first-order chi connectivity index (χ1) is 15.4. The van der Waals surface area contributed by atoms with Gasteiger partial charge in [0.05, 0.1) is 40.8 Å². The predicted octanol–water partition coefficient (Wildman–Crippen LogP) is 2.78. The largest absolute Gasteiger partial charge is 0.497 e. The van der Waals surface area contributed by atoms with Crippen LogP contribution in [0.25, 0.3) is 11.3 Å². The molecule has 0 fully saturated rings. The Morgan fingerprint density at radius 1 is 0.969 bits per heavy atom. The molecule has 0 spiro atoms. The average molecular weight is 439 g/mol. The van der Waals surface area contributed by atoms with E-state index < -0.39 is 27.1 Å². The third-order valence-corrected chi connectivity index (χ3v) is 4.25. The van der Waals surface area contributed by atoms with E-state index in [0.29, 0.717) is 5.69 Å². The number of rotatable bonds is 9. The molecule has 0 aliphatic heterocycles. The number of hydrogen-bond donors (Lipinski definition) is 1. The van der Waals surface area contributed by atoms with Gasteiger partial charge in [0.25, 0.3) is 17.3 Å². The van der Waals surface area contributed by atoms with Crippen LogP contribution in [0.3, 0.4) is 0 Å². The number of hydrogen-bond acceptors (Lipinski definition) is 9. The Kier molecular flexibility index (Phi) is 6.85. The number of nitro groups is 2. The quantitative estimate of drug-likeness (QED) is 0.300. The van der Waals surface area contributed by atoms with E-state index >= 15 is 0 Å². The fourth-order valence-electron chi connectivity index (χ4n) is 2.67. The van der Waals surface area contributed by atoms with Crippen molar-refractivity contribution < 1.29 is 24.1 Å². The van der Waals surface area contributed by atoms with Crippen LogP contribution in [0.4, 0.5) is 11.4 Å². The van der Waals surface area contributed by atoms with Gasteiger partial charge >= 0.3 is 0 Å². The molecule has 0 bridgehead atoms. The molecule has 1 N–H and O–H groups in total. The summed E-state index contributed by atoms with van der Waals surface area (Å²) in [4.78, 5) is 32.4. The molecule has 0 atom stereocenters. The van der Waals surface area contributed by atoms with Gasteiger partial charge in [-0.05, 0) is 30.3 Å². The van der Waals surface area contributed by atoms with Gasteiger partial charge in [-0.3, -0.25) is 25.0 Å². The lowest BCUT2D eigenvalue weighted by Gasteiger charge is -2.08. The number of nitrogens with zero attached hydrogens (tertiary/aromatic N) is 4. The minimum Gasteiger partial charge on any atom is -0.497 e. The number of nitrogens with one attached hydrogen (secondary N) is 1. The summed E-state index contributed by atoms with van der Waals surface area (Å²) in [6.07, 6.45) is 0. The number of nitro benzene ring substituents is 2. The summed E-state index contributed by atoms with van der Waals surface area (Å²) in [7, 11) is 1.58. The maximum atomic E-state index is 12.2. The first-order valence-electron chi connectivity index (χ1n) is 9.20. The summed E-state index contributed by atoms with van der Waals surface area (Å²) in [6.45, 7) is 0.0799. The van der Waals surface area contributed by atoms with Gasteiger partial charge in [0.2, 0.25) is 5.88 Å². The number of carbonyl (C=O) groups is 1. The van der Waals surface area contributed by atoms with Gasteiger partial charge < -0.3 is 14.8 Å². The van der Waals surface area contributed by atoms with Crippen LogP contribution in [0.1, 0.15) is 10.4 Å². The van der Waals surface area contributed by atoms with Crippen molar-refractivity contribution >= 4 is 17.3 Å². The average Bonchev–Trinajstić information content (AvgIpc) is 2.81. The number of benzene rings is 2. The molecule has 164 valence electrons. The second-order valence-electron chi connectivity index (χ2n) is 6.34. The Labute approximate surface area is 181 Å². The molecule has 1 amide bonds. The van der Waals surface area contributed by atoms with Crippen molar-refractivity contribution in [2.24, 2.45) is 0 Å². The van der Waals surface area contributed by atoms with Crippen LogP contribution in [-0.2, 0) is 0 Å². The fraction of sp³-hybridized carbons (Fsp3) is 0.150. The molecule has 2 aromatic carbocycles. The van der Waals surface area contributed by atoms with Gasteiger partial charge in [-0.15, -0.1) is 10.2 Å². The van der Waals surface area contributed by atoms with Gasteiger partial charge in [-0.2, -0.15) is 0 Å². The third-order valence-electron chi connectivity index (χ3n) is 4.25. The van der Waals surface area contributed by atoms with Crippen molar-refractivity contribution in [3.05, 3.63) is 80.4 Å². The summed E-state index contributed by atoms with van der Waals surface area (Å²) in [5.41, 5.74) is 0.193. The maximum Gasteiger partial charge on any atom is 0.277 e.